The SMILES string of the molecule is COc1ccc(CNc2cnc(C(=O)Nc3c(C)cccc3C)cn2)cc1. The van der Waals surface area contributed by atoms with Crippen molar-refractivity contribution in [1.29, 1.82) is 0 Å². The predicted molar refractivity (Wildman–Crippen MR) is 106 cm³/mol. The van der Waals surface area contributed by atoms with Crippen molar-refractivity contribution in [1.82, 2.24) is 9.97 Å². The Balaban J connectivity index is 1.61. The Bertz CT molecular complexity index is 902. The molecule has 27 heavy (non-hydrogen) atoms. The molecule has 1 amide bonds. The molecule has 0 radical (unpaired) electrons. The highest BCUT2D eigenvalue weighted by Crippen LogP contribution is 2.20. The first-order valence-electron chi connectivity index (χ1n) is 8.63. The molecule has 0 aliphatic heterocycles. The zero-order valence-electron chi connectivity index (χ0n) is 15.6. The number of nitrogens with zero attached hydrogens (tertiary/aromatic N) is 2. The lowest BCUT2D eigenvalue weighted by Crippen LogP contribution is -2.16. The van der Waals surface area contributed by atoms with Crippen LogP contribution in [0.4, 0.5) is 11.5 Å². The van der Waals surface area contributed by atoms with Crippen molar-refractivity contribution in [3.63, 3.8) is 0 Å². The van der Waals surface area contributed by atoms with E-state index in [1.807, 2.05) is 56.3 Å². The van der Waals surface area contributed by atoms with Crippen LogP contribution in [0.5, 0.6) is 5.75 Å². The lowest BCUT2D eigenvalue weighted by molar-refractivity contribution is 0.102. The third-order valence-corrected chi connectivity index (χ3v) is 4.24. The van der Waals surface area contributed by atoms with Gasteiger partial charge in [-0.3, -0.25) is 4.79 Å². The van der Waals surface area contributed by atoms with Crippen molar-refractivity contribution < 1.29 is 9.53 Å². The number of carbonyl (C=O) groups excluding carboxylic acids is 1. The normalized spacial score (nSPS) is 10.3. The molecule has 3 rings (SSSR count). The number of carbonyl (C=O) groups is 1. The summed E-state index contributed by atoms with van der Waals surface area (Å²) < 4.78 is 5.14. The number of benzene rings is 2. The molecule has 0 unspecified atom stereocenters. The van der Waals surface area contributed by atoms with E-state index in [1.54, 1.807) is 13.3 Å². The summed E-state index contributed by atoms with van der Waals surface area (Å²) in [5, 5.41) is 6.10. The lowest BCUT2D eigenvalue weighted by atomic mass is 10.1. The van der Waals surface area contributed by atoms with Gasteiger partial charge in [-0.05, 0) is 42.7 Å². The number of methoxy groups -OCH3 is 1. The van der Waals surface area contributed by atoms with E-state index < -0.39 is 0 Å². The molecule has 0 bridgehead atoms. The molecule has 0 aliphatic rings. The monoisotopic (exact) mass is 362 g/mol. The van der Waals surface area contributed by atoms with Crippen LogP contribution in [0.3, 0.4) is 0 Å². The summed E-state index contributed by atoms with van der Waals surface area (Å²) in [6, 6.07) is 13.6. The van der Waals surface area contributed by atoms with Gasteiger partial charge in [-0.15, -0.1) is 0 Å². The summed E-state index contributed by atoms with van der Waals surface area (Å²) in [6.45, 7) is 4.52. The number of anilines is 2. The highest BCUT2D eigenvalue weighted by Gasteiger charge is 2.11. The molecule has 3 aromatic rings. The highest BCUT2D eigenvalue weighted by molar-refractivity contribution is 6.03. The number of hydrogen-bond acceptors (Lipinski definition) is 5. The molecule has 0 saturated heterocycles. The summed E-state index contributed by atoms with van der Waals surface area (Å²) in [6.07, 6.45) is 3.03. The van der Waals surface area contributed by atoms with Crippen molar-refractivity contribution in [3.8, 4) is 5.75 Å². The van der Waals surface area contributed by atoms with E-state index in [0.717, 1.165) is 28.1 Å². The van der Waals surface area contributed by atoms with Crippen LogP contribution in [-0.4, -0.2) is 23.0 Å². The van der Waals surface area contributed by atoms with Gasteiger partial charge < -0.3 is 15.4 Å². The van der Waals surface area contributed by atoms with E-state index in [9.17, 15) is 4.79 Å². The molecule has 138 valence electrons. The van der Waals surface area contributed by atoms with E-state index in [-0.39, 0.29) is 11.6 Å². The maximum absolute atomic E-state index is 12.4. The third kappa shape index (κ3) is 4.61. The first-order chi connectivity index (χ1) is 13.1. The molecule has 0 atom stereocenters. The van der Waals surface area contributed by atoms with Crippen molar-refractivity contribution in [2.75, 3.05) is 17.7 Å². The largest absolute Gasteiger partial charge is 0.497 e. The Morgan fingerprint density at radius 1 is 1.00 bits per heavy atom. The quantitative estimate of drug-likeness (QED) is 0.694. The van der Waals surface area contributed by atoms with Crippen molar-refractivity contribution in [2.45, 2.75) is 20.4 Å². The van der Waals surface area contributed by atoms with Crippen LogP contribution in [0.25, 0.3) is 0 Å². The Labute approximate surface area is 158 Å². The van der Waals surface area contributed by atoms with Crippen LogP contribution >= 0.6 is 0 Å². The number of aromatic nitrogens is 2. The fourth-order valence-corrected chi connectivity index (χ4v) is 2.66. The molecule has 0 aliphatic carbocycles. The average Bonchev–Trinajstić information content (AvgIpc) is 2.70. The lowest BCUT2D eigenvalue weighted by Gasteiger charge is -2.11. The molecule has 0 spiro atoms. The molecular weight excluding hydrogens is 340 g/mol. The molecule has 2 N–H and O–H groups in total. The van der Waals surface area contributed by atoms with Crippen molar-refractivity contribution in [2.24, 2.45) is 0 Å². The van der Waals surface area contributed by atoms with Crippen LogP contribution in [0.2, 0.25) is 0 Å². The van der Waals surface area contributed by atoms with Gasteiger partial charge in [0.1, 0.15) is 17.3 Å². The summed E-state index contributed by atoms with van der Waals surface area (Å²) >= 11 is 0. The van der Waals surface area contributed by atoms with Gasteiger partial charge in [0.2, 0.25) is 0 Å². The minimum absolute atomic E-state index is 0.271. The van der Waals surface area contributed by atoms with E-state index in [4.69, 9.17) is 4.74 Å². The van der Waals surface area contributed by atoms with Gasteiger partial charge in [-0.2, -0.15) is 0 Å². The maximum atomic E-state index is 12.4. The average molecular weight is 362 g/mol. The minimum Gasteiger partial charge on any atom is -0.497 e. The zero-order valence-corrected chi connectivity index (χ0v) is 15.6. The van der Waals surface area contributed by atoms with Gasteiger partial charge in [0.05, 0.1) is 19.5 Å². The van der Waals surface area contributed by atoms with E-state index in [0.29, 0.717) is 12.4 Å². The van der Waals surface area contributed by atoms with Gasteiger partial charge in [-0.1, -0.05) is 30.3 Å². The van der Waals surface area contributed by atoms with Crippen LogP contribution in [0.1, 0.15) is 27.2 Å². The van der Waals surface area contributed by atoms with Gasteiger partial charge >= 0.3 is 0 Å². The first kappa shape index (κ1) is 18.4. The second kappa shape index (κ2) is 8.31. The smallest absolute Gasteiger partial charge is 0.275 e. The summed E-state index contributed by atoms with van der Waals surface area (Å²) in [5.74, 6) is 1.15. The number of nitrogens with one attached hydrogen (secondary N) is 2. The standard InChI is InChI=1S/C21H22N4O2/c1-14-5-4-6-15(2)20(14)25-21(26)18-12-24-19(13-22-18)23-11-16-7-9-17(27-3)10-8-16/h4-10,12-13H,11H2,1-3H3,(H,23,24)(H,25,26). The number of hydrogen-bond donors (Lipinski definition) is 2. The first-order valence-corrected chi connectivity index (χ1v) is 8.63. The van der Waals surface area contributed by atoms with Crippen LogP contribution < -0.4 is 15.4 Å². The minimum atomic E-state index is -0.276. The molecule has 6 nitrogen and oxygen atoms in total. The number of amides is 1. The molecule has 1 aromatic heterocycles. The summed E-state index contributed by atoms with van der Waals surface area (Å²) in [7, 11) is 1.64. The molecule has 6 heteroatoms. The molecular formula is C21H22N4O2. The number of para-hydroxylation sites is 1. The Kier molecular flexibility index (Phi) is 5.66. The Hall–Kier alpha value is -3.41. The van der Waals surface area contributed by atoms with E-state index in [2.05, 4.69) is 20.6 Å². The topological polar surface area (TPSA) is 76.1 Å². The maximum Gasteiger partial charge on any atom is 0.275 e. The fourth-order valence-electron chi connectivity index (χ4n) is 2.66. The number of rotatable bonds is 6. The van der Waals surface area contributed by atoms with Crippen LogP contribution in [0, 0.1) is 13.8 Å². The van der Waals surface area contributed by atoms with Crippen molar-refractivity contribution >= 4 is 17.4 Å². The number of aryl methyl sites for hydroxylation is 2. The zero-order chi connectivity index (χ0) is 19.2. The van der Waals surface area contributed by atoms with Gasteiger partial charge in [0.15, 0.2) is 0 Å². The summed E-state index contributed by atoms with van der Waals surface area (Å²) in [4.78, 5) is 20.9. The molecule has 2 aromatic carbocycles. The van der Waals surface area contributed by atoms with Gasteiger partial charge in [-0.25, -0.2) is 9.97 Å². The Morgan fingerprint density at radius 2 is 1.70 bits per heavy atom. The van der Waals surface area contributed by atoms with Crippen LogP contribution in [-0.2, 0) is 6.54 Å². The van der Waals surface area contributed by atoms with E-state index in [1.165, 1.54) is 6.20 Å². The summed E-state index contributed by atoms with van der Waals surface area (Å²) in [5.41, 5.74) is 4.19. The van der Waals surface area contributed by atoms with Crippen LogP contribution in [0.15, 0.2) is 54.9 Å². The molecule has 1 heterocycles. The molecule has 0 saturated carbocycles. The predicted octanol–water partition coefficient (Wildman–Crippen LogP) is 3.97. The second-order valence-corrected chi connectivity index (χ2v) is 6.21. The van der Waals surface area contributed by atoms with Crippen molar-refractivity contribution in [3.05, 3.63) is 77.2 Å². The second-order valence-electron chi connectivity index (χ2n) is 6.21. The molecule has 0 fully saturated rings. The highest BCUT2D eigenvalue weighted by atomic mass is 16.5. The van der Waals surface area contributed by atoms with E-state index >= 15 is 0 Å². The number of ether oxygens (including phenoxy) is 1. The van der Waals surface area contributed by atoms with Gasteiger partial charge in [0, 0.05) is 12.2 Å². The van der Waals surface area contributed by atoms with Gasteiger partial charge in [0.25, 0.3) is 5.91 Å². The third-order valence-electron chi connectivity index (χ3n) is 4.24. The Morgan fingerprint density at radius 3 is 2.30 bits per heavy atom. The fraction of sp³-hybridized carbons (Fsp3) is 0.190.